The van der Waals surface area contributed by atoms with Crippen LogP contribution in [0, 0.1) is 5.82 Å². The van der Waals surface area contributed by atoms with E-state index < -0.39 is 17.0 Å². The number of rotatable bonds is 4. The van der Waals surface area contributed by atoms with Crippen molar-refractivity contribution in [3.8, 4) is 0 Å². The topological polar surface area (TPSA) is 61.8 Å². The summed E-state index contributed by atoms with van der Waals surface area (Å²) in [6.45, 7) is 0. The van der Waals surface area contributed by atoms with Gasteiger partial charge in [0, 0.05) is 17.9 Å². The second kappa shape index (κ2) is 8.01. The zero-order valence-electron chi connectivity index (χ0n) is 13.8. The Morgan fingerprint density at radius 1 is 1.27 bits per heavy atom. The van der Waals surface area contributed by atoms with Crippen LogP contribution in [-0.2, 0) is 9.59 Å². The van der Waals surface area contributed by atoms with E-state index in [-0.39, 0.29) is 18.0 Å². The summed E-state index contributed by atoms with van der Waals surface area (Å²) >= 11 is 4.59. The third-order valence-electron chi connectivity index (χ3n) is 3.71. The van der Waals surface area contributed by atoms with Crippen molar-refractivity contribution in [2.45, 2.75) is 11.7 Å². The second-order valence-corrected chi connectivity index (χ2v) is 7.69. The van der Waals surface area contributed by atoms with Gasteiger partial charge in [-0.05, 0) is 36.4 Å². The summed E-state index contributed by atoms with van der Waals surface area (Å²) in [7, 11) is 1.63. The molecule has 1 aliphatic rings. The highest BCUT2D eigenvalue weighted by Crippen LogP contribution is 2.31. The van der Waals surface area contributed by atoms with Crippen molar-refractivity contribution in [2.75, 3.05) is 12.4 Å². The van der Waals surface area contributed by atoms with Gasteiger partial charge >= 0.3 is 0 Å². The minimum absolute atomic E-state index is 0.0540. The summed E-state index contributed by atoms with van der Waals surface area (Å²) in [5.74, 6) is -1.13. The Morgan fingerprint density at radius 3 is 2.65 bits per heavy atom. The predicted octanol–water partition coefficient (Wildman–Crippen LogP) is 4.18. The van der Waals surface area contributed by atoms with Crippen LogP contribution in [0.25, 0.3) is 0 Å². The Kier molecular flexibility index (Phi) is 5.73. The zero-order chi connectivity index (χ0) is 18.7. The van der Waals surface area contributed by atoms with Gasteiger partial charge in [-0.1, -0.05) is 39.8 Å². The van der Waals surface area contributed by atoms with Crippen LogP contribution in [0.2, 0.25) is 0 Å². The second-order valence-electron chi connectivity index (χ2n) is 5.61. The predicted molar refractivity (Wildman–Crippen MR) is 105 cm³/mol. The number of nitrogens with zero attached hydrogens (tertiary/aromatic N) is 2. The fourth-order valence-corrected chi connectivity index (χ4v) is 3.77. The third-order valence-corrected chi connectivity index (χ3v) is 5.47. The molecular formula is C18H15BrFN3O2S. The van der Waals surface area contributed by atoms with Crippen molar-refractivity contribution < 1.29 is 14.0 Å². The minimum atomic E-state index is -0.582. The molecular weight excluding hydrogens is 421 g/mol. The monoisotopic (exact) mass is 435 g/mol. The summed E-state index contributed by atoms with van der Waals surface area (Å²) in [6, 6.07) is 13.3. The molecule has 1 fully saturated rings. The first kappa shape index (κ1) is 18.6. The molecule has 0 spiro atoms. The van der Waals surface area contributed by atoms with Crippen molar-refractivity contribution in [3.05, 3.63) is 58.8 Å². The maximum absolute atomic E-state index is 13.6. The van der Waals surface area contributed by atoms with E-state index in [9.17, 15) is 14.0 Å². The number of carbonyl (C=O) groups excluding carboxylic acids is 2. The molecule has 3 rings (SSSR count). The van der Waals surface area contributed by atoms with Gasteiger partial charge in [-0.2, -0.15) is 0 Å². The Hall–Kier alpha value is -2.19. The van der Waals surface area contributed by atoms with E-state index in [1.165, 1.54) is 28.8 Å². The number of benzene rings is 2. The third kappa shape index (κ3) is 4.31. The summed E-state index contributed by atoms with van der Waals surface area (Å²) < 4.78 is 14.6. The van der Waals surface area contributed by atoms with Crippen LogP contribution in [0.4, 0.5) is 15.8 Å². The fraction of sp³-hybridized carbons (Fsp3) is 0.167. The van der Waals surface area contributed by atoms with E-state index in [1.807, 2.05) is 24.3 Å². The first-order valence-electron chi connectivity index (χ1n) is 7.77. The minimum Gasteiger partial charge on any atom is -0.324 e. The van der Waals surface area contributed by atoms with Crippen LogP contribution < -0.4 is 5.32 Å². The molecule has 1 heterocycles. The van der Waals surface area contributed by atoms with Gasteiger partial charge in [-0.15, -0.1) is 0 Å². The molecule has 0 radical (unpaired) electrons. The van der Waals surface area contributed by atoms with E-state index >= 15 is 0 Å². The van der Waals surface area contributed by atoms with E-state index in [0.29, 0.717) is 10.9 Å². The lowest BCUT2D eigenvalue weighted by molar-refractivity contribution is -0.127. The smallest absolute Gasteiger partial charge is 0.242 e. The Morgan fingerprint density at radius 2 is 1.96 bits per heavy atom. The number of amidine groups is 1. The first-order valence-corrected chi connectivity index (χ1v) is 9.44. The largest absolute Gasteiger partial charge is 0.324 e. The quantitative estimate of drug-likeness (QED) is 0.783. The highest BCUT2D eigenvalue weighted by molar-refractivity contribution is 9.10. The molecule has 2 aromatic carbocycles. The highest BCUT2D eigenvalue weighted by atomic mass is 79.9. The van der Waals surface area contributed by atoms with Crippen LogP contribution in [0.1, 0.15) is 6.42 Å². The standard InChI is InChI=1S/C18H15BrFN3O2S/c1-23-17(25)15(10-16(24)22-14-5-3-2-4-13(14)20)26-18(23)21-12-8-6-11(19)7-9-12/h2-9,15H,10H2,1H3,(H,22,24)/t15-/m1/s1. The van der Waals surface area contributed by atoms with Gasteiger partial charge in [-0.3, -0.25) is 14.5 Å². The van der Waals surface area contributed by atoms with Crippen LogP contribution in [0.5, 0.6) is 0 Å². The van der Waals surface area contributed by atoms with Crippen molar-refractivity contribution in [2.24, 2.45) is 4.99 Å². The fourth-order valence-electron chi connectivity index (χ4n) is 2.36. The molecule has 0 aromatic heterocycles. The number of halogens is 2. The molecule has 1 atom stereocenters. The lowest BCUT2D eigenvalue weighted by Crippen LogP contribution is -2.30. The van der Waals surface area contributed by atoms with Gasteiger partial charge in [0.05, 0.1) is 11.4 Å². The maximum Gasteiger partial charge on any atom is 0.242 e. The van der Waals surface area contributed by atoms with Gasteiger partial charge in [0.15, 0.2) is 5.17 Å². The van der Waals surface area contributed by atoms with E-state index in [2.05, 4.69) is 26.2 Å². The van der Waals surface area contributed by atoms with Gasteiger partial charge in [0.25, 0.3) is 0 Å². The molecule has 0 bridgehead atoms. The average molecular weight is 436 g/mol. The number of carbonyl (C=O) groups is 2. The Bertz CT molecular complexity index is 873. The number of nitrogens with one attached hydrogen (secondary N) is 1. The lowest BCUT2D eigenvalue weighted by Gasteiger charge is -2.09. The molecule has 134 valence electrons. The Labute approximate surface area is 162 Å². The van der Waals surface area contributed by atoms with Crippen LogP contribution >= 0.6 is 27.7 Å². The number of hydrogen-bond donors (Lipinski definition) is 1. The number of thioether (sulfide) groups is 1. The number of para-hydroxylation sites is 1. The van der Waals surface area contributed by atoms with Gasteiger partial charge in [0.1, 0.15) is 11.1 Å². The van der Waals surface area contributed by atoms with Crippen molar-refractivity contribution >= 4 is 56.0 Å². The molecule has 8 heteroatoms. The van der Waals surface area contributed by atoms with E-state index in [4.69, 9.17) is 0 Å². The maximum atomic E-state index is 13.6. The summed E-state index contributed by atoms with van der Waals surface area (Å²) in [6.07, 6.45) is -0.0540. The molecule has 1 N–H and O–H groups in total. The normalized spacial score (nSPS) is 18.4. The van der Waals surface area contributed by atoms with Crippen molar-refractivity contribution in [3.63, 3.8) is 0 Å². The van der Waals surface area contributed by atoms with Crippen LogP contribution in [-0.4, -0.2) is 34.2 Å². The number of amides is 2. The van der Waals surface area contributed by atoms with Gasteiger partial charge in [-0.25, -0.2) is 9.38 Å². The molecule has 1 aliphatic heterocycles. The van der Waals surface area contributed by atoms with Crippen LogP contribution in [0.15, 0.2) is 58.0 Å². The molecule has 2 amide bonds. The lowest BCUT2D eigenvalue weighted by atomic mass is 10.2. The summed E-state index contributed by atoms with van der Waals surface area (Å²) in [5, 5.41) is 2.45. The highest BCUT2D eigenvalue weighted by Gasteiger charge is 2.37. The van der Waals surface area contributed by atoms with Crippen LogP contribution in [0.3, 0.4) is 0 Å². The van der Waals surface area contributed by atoms with E-state index in [1.54, 1.807) is 19.2 Å². The molecule has 0 saturated carbocycles. The molecule has 5 nitrogen and oxygen atoms in total. The zero-order valence-corrected chi connectivity index (χ0v) is 16.2. The van der Waals surface area contributed by atoms with E-state index in [0.717, 1.165) is 4.47 Å². The molecule has 0 aliphatic carbocycles. The number of aliphatic imine (C=N–C) groups is 1. The first-order chi connectivity index (χ1) is 12.4. The molecule has 26 heavy (non-hydrogen) atoms. The van der Waals surface area contributed by atoms with Gasteiger partial charge in [0.2, 0.25) is 11.8 Å². The average Bonchev–Trinajstić information content (AvgIpc) is 2.87. The number of anilines is 1. The Balaban J connectivity index is 1.67. The molecule has 1 saturated heterocycles. The summed E-state index contributed by atoms with van der Waals surface area (Å²) in [5.41, 5.74) is 0.817. The van der Waals surface area contributed by atoms with Crippen molar-refractivity contribution in [1.82, 2.24) is 4.90 Å². The van der Waals surface area contributed by atoms with Crippen molar-refractivity contribution in [1.29, 1.82) is 0 Å². The molecule has 2 aromatic rings. The summed E-state index contributed by atoms with van der Waals surface area (Å²) in [4.78, 5) is 30.4. The SMILES string of the molecule is CN1C(=O)[C@@H](CC(=O)Nc2ccccc2F)SC1=Nc1ccc(Br)cc1. The number of hydrogen-bond acceptors (Lipinski definition) is 4. The molecule has 0 unspecified atom stereocenters. The van der Waals surface area contributed by atoms with Gasteiger partial charge < -0.3 is 5.32 Å².